The van der Waals surface area contributed by atoms with E-state index in [1.165, 1.54) is 6.92 Å². The van der Waals surface area contributed by atoms with Crippen LogP contribution in [0.1, 0.15) is 24.2 Å². The van der Waals surface area contributed by atoms with E-state index in [9.17, 15) is 14.4 Å². The van der Waals surface area contributed by atoms with Crippen LogP contribution in [-0.2, 0) is 14.3 Å². The smallest absolute Gasteiger partial charge is 0.340 e. The first-order valence-corrected chi connectivity index (χ1v) is 5.85. The lowest BCUT2D eigenvalue weighted by molar-refractivity contribution is -0.122. The van der Waals surface area contributed by atoms with E-state index in [2.05, 4.69) is 10.6 Å². The monoisotopic (exact) mass is 264 g/mol. The van der Waals surface area contributed by atoms with Crippen molar-refractivity contribution < 1.29 is 19.1 Å². The molecule has 2 amide bonds. The van der Waals surface area contributed by atoms with Gasteiger partial charge in [-0.25, -0.2) is 4.79 Å². The zero-order valence-corrected chi connectivity index (χ0v) is 10.9. The molecular weight excluding hydrogens is 248 g/mol. The lowest BCUT2D eigenvalue weighted by Crippen LogP contribution is -2.31. The van der Waals surface area contributed by atoms with Gasteiger partial charge in [0, 0.05) is 6.92 Å². The van der Waals surface area contributed by atoms with E-state index in [4.69, 9.17) is 4.74 Å². The average molecular weight is 264 g/mol. The molecule has 6 heteroatoms. The highest BCUT2D eigenvalue weighted by Crippen LogP contribution is 2.15. The van der Waals surface area contributed by atoms with E-state index in [1.807, 2.05) is 0 Å². The van der Waals surface area contributed by atoms with Gasteiger partial charge in [-0.1, -0.05) is 12.1 Å². The van der Waals surface area contributed by atoms with Gasteiger partial charge in [-0.2, -0.15) is 0 Å². The van der Waals surface area contributed by atoms with Gasteiger partial charge in [-0.15, -0.1) is 0 Å². The Morgan fingerprint density at radius 1 is 1.21 bits per heavy atom. The summed E-state index contributed by atoms with van der Waals surface area (Å²) in [4.78, 5) is 33.9. The van der Waals surface area contributed by atoms with Crippen molar-refractivity contribution in [3.05, 3.63) is 29.8 Å². The van der Waals surface area contributed by atoms with Crippen molar-refractivity contribution in [1.82, 2.24) is 5.32 Å². The Kier molecular flexibility index (Phi) is 5.53. The molecule has 6 nitrogen and oxygen atoms in total. The third kappa shape index (κ3) is 4.79. The SMILES string of the molecule is CCOC(=O)c1ccccc1NC(=O)CNC(C)=O. The minimum atomic E-state index is -0.502. The van der Waals surface area contributed by atoms with Crippen LogP contribution in [0.3, 0.4) is 0 Å². The van der Waals surface area contributed by atoms with E-state index in [-0.39, 0.29) is 24.6 Å². The Morgan fingerprint density at radius 3 is 2.53 bits per heavy atom. The van der Waals surface area contributed by atoms with Gasteiger partial charge in [0.05, 0.1) is 24.4 Å². The van der Waals surface area contributed by atoms with E-state index in [0.29, 0.717) is 5.69 Å². The Bertz CT molecular complexity index is 485. The largest absolute Gasteiger partial charge is 0.462 e. The molecule has 102 valence electrons. The maximum atomic E-state index is 11.7. The summed E-state index contributed by atoms with van der Waals surface area (Å²) in [6, 6.07) is 6.52. The summed E-state index contributed by atoms with van der Waals surface area (Å²) in [5, 5.41) is 4.92. The van der Waals surface area contributed by atoms with E-state index in [1.54, 1.807) is 31.2 Å². The molecule has 0 fully saturated rings. The van der Waals surface area contributed by atoms with Gasteiger partial charge in [0.15, 0.2) is 0 Å². The van der Waals surface area contributed by atoms with E-state index >= 15 is 0 Å². The maximum Gasteiger partial charge on any atom is 0.340 e. The third-order valence-electron chi connectivity index (χ3n) is 2.19. The summed E-state index contributed by atoms with van der Waals surface area (Å²) < 4.78 is 4.89. The number of carbonyl (C=O) groups excluding carboxylic acids is 3. The molecule has 0 aliphatic rings. The van der Waals surface area contributed by atoms with Crippen molar-refractivity contribution in [3.8, 4) is 0 Å². The minimum Gasteiger partial charge on any atom is -0.462 e. The Labute approximate surface area is 111 Å². The highest BCUT2D eigenvalue weighted by atomic mass is 16.5. The minimum absolute atomic E-state index is 0.146. The second-order valence-corrected chi connectivity index (χ2v) is 3.72. The molecule has 0 unspecified atom stereocenters. The van der Waals surface area contributed by atoms with Crippen molar-refractivity contribution in [2.75, 3.05) is 18.5 Å². The molecule has 0 saturated heterocycles. The molecule has 0 heterocycles. The number of carbonyl (C=O) groups is 3. The number of ether oxygens (including phenoxy) is 1. The first-order valence-electron chi connectivity index (χ1n) is 5.85. The molecule has 0 aromatic heterocycles. The molecule has 0 atom stereocenters. The average Bonchev–Trinajstić information content (AvgIpc) is 2.37. The Morgan fingerprint density at radius 2 is 1.89 bits per heavy atom. The van der Waals surface area contributed by atoms with Crippen molar-refractivity contribution in [3.63, 3.8) is 0 Å². The topological polar surface area (TPSA) is 84.5 Å². The predicted octanol–water partition coefficient (Wildman–Crippen LogP) is 0.938. The highest BCUT2D eigenvalue weighted by molar-refractivity contribution is 6.02. The van der Waals surface area contributed by atoms with Crippen LogP contribution in [0.15, 0.2) is 24.3 Å². The number of para-hydroxylation sites is 1. The van der Waals surface area contributed by atoms with Crippen LogP contribution < -0.4 is 10.6 Å². The van der Waals surface area contributed by atoms with Gasteiger partial charge in [0.1, 0.15) is 0 Å². The molecule has 0 radical (unpaired) electrons. The second kappa shape index (κ2) is 7.15. The summed E-state index contributed by atoms with van der Waals surface area (Å²) in [5.41, 5.74) is 0.636. The molecule has 0 bridgehead atoms. The maximum absolute atomic E-state index is 11.7. The lowest BCUT2D eigenvalue weighted by atomic mass is 10.2. The lowest BCUT2D eigenvalue weighted by Gasteiger charge is -2.10. The molecule has 19 heavy (non-hydrogen) atoms. The Balaban J connectivity index is 2.75. The van der Waals surface area contributed by atoms with Crippen LogP contribution in [-0.4, -0.2) is 30.9 Å². The number of benzene rings is 1. The third-order valence-corrected chi connectivity index (χ3v) is 2.19. The van der Waals surface area contributed by atoms with Gasteiger partial charge in [-0.05, 0) is 19.1 Å². The van der Waals surface area contributed by atoms with Gasteiger partial charge in [0.2, 0.25) is 11.8 Å². The zero-order valence-electron chi connectivity index (χ0n) is 10.9. The summed E-state index contributed by atoms with van der Waals surface area (Å²) in [7, 11) is 0. The summed E-state index contributed by atoms with van der Waals surface area (Å²) in [6.07, 6.45) is 0. The highest BCUT2D eigenvalue weighted by Gasteiger charge is 2.13. The molecule has 1 aromatic carbocycles. The molecule has 1 rings (SSSR count). The number of amides is 2. The van der Waals surface area contributed by atoms with Crippen molar-refractivity contribution >= 4 is 23.5 Å². The van der Waals surface area contributed by atoms with Crippen LogP contribution in [0.4, 0.5) is 5.69 Å². The first-order chi connectivity index (χ1) is 9.04. The Hall–Kier alpha value is -2.37. The van der Waals surface area contributed by atoms with Gasteiger partial charge >= 0.3 is 5.97 Å². The molecule has 0 spiro atoms. The van der Waals surface area contributed by atoms with Crippen molar-refractivity contribution in [1.29, 1.82) is 0 Å². The molecule has 1 aromatic rings. The molecule has 0 aliphatic carbocycles. The van der Waals surface area contributed by atoms with Gasteiger partial charge < -0.3 is 15.4 Å². The summed E-state index contributed by atoms with van der Waals surface area (Å²) in [5.74, 6) is -1.21. The predicted molar refractivity (Wildman–Crippen MR) is 69.7 cm³/mol. The van der Waals surface area contributed by atoms with E-state index < -0.39 is 11.9 Å². The normalized spacial score (nSPS) is 9.58. The number of rotatable bonds is 5. The number of anilines is 1. The standard InChI is InChI=1S/C13H16N2O4/c1-3-19-13(18)10-6-4-5-7-11(10)15-12(17)8-14-9(2)16/h4-7H,3,8H2,1-2H3,(H,14,16)(H,15,17). The fraction of sp³-hybridized carbons (Fsp3) is 0.308. The van der Waals surface area contributed by atoms with Crippen molar-refractivity contribution in [2.24, 2.45) is 0 Å². The van der Waals surface area contributed by atoms with Crippen molar-refractivity contribution in [2.45, 2.75) is 13.8 Å². The number of nitrogens with one attached hydrogen (secondary N) is 2. The summed E-state index contributed by atoms with van der Waals surface area (Å²) in [6.45, 7) is 3.13. The molecular formula is C13H16N2O4. The van der Waals surface area contributed by atoms with Crippen LogP contribution >= 0.6 is 0 Å². The number of hydrogen-bond acceptors (Lipinski definition) is 4. The van der Waals surface area contributed by atoms with Crippen LogP contribution in [0.5, 0.6) is 0 Å². The molecule has 0 aliphatic heterocycles. The summed E-state index contributed by atoms with van der Waals surface area (Å²) >= 11 is 0. The van der Waals surface area contributed by atoms with Gasteiger partial charge in [-0.3, -0.25) is 9.59 Å². The molecule has 2 N–H and O–H groups in total. The fourth-order valence-electron chi connectivity index (χ4n) is 1.38. The van der Waals surface area contributed by atoms with Crippen LogP contribution in [0.2, 0.25) is 0 Å². The van der Waals surface area contributed by atoms with Crippen LogP contribution in [0.25, 0.3) is 0 Å². The molecule has 0 saturated carbocycles. The van der Waals surface area contributed by atoms with E-state index in [0.717, 1.165) is 0 Å². The van der Waals surface area contributed by atoms with Gasteiger partial charge in [0.25, 0.3) is 0 Å². The van der Waals surface area contributed by atoms with Crippen LogP contribution in [0, 0.1) is 0 Å². The fourth-order valence-corrected chi connectivity index (χ4v) is 1.38. The zero-order chi connectivity index (χ0) is 14.3. The number of hydrogen-bond donors (Lipinski definition) is 2. The first kappa shape index (κ1) is 14.7. The quantitative estimate of drug-likeness (QED) is 0.775. The second-order valence-electron chi connectivity index (χ2n) is 3.72. The number of esters is 1.